The maximum Gasteiger partial charge on any atom is 0.419 e. The van der Waals surface area contributed by atoms with Gasteiger partial charge in [-0.1, -0.05) is 43.3 Å². The number of anilines is 1. The van der Waals surface area contributed by atoms with Crippen molar-refractivity contribution in [3.63, 3.8) is 0 Å². The maximum atomic E-state index is 11.6. The van der Waals surface area contributed by atoms with Gasteiger partial charge in [-0.05, 0) is 17.9 Å². The predicted octanol–water partition coefficient (Wildman–Crippen LogP) is 3.72. The number of esters is 1. The van der Waals surface area contributed by atoms with Gasteiger partial charge in [0.2, 0.25) is 0 Å². The molecule has 0 aliphatic rings. The SMILES string of the molecule is CCCC(=O)OC(=O)Nc1cccc2ccccc12. The summed E-state index contributed by atoms with van der Waals surface area (Å²) in [5.74, 6) is -0.514. The van der Waals surface area contributed by atoms with E-state index in [9.17, 15) is 9.59 Å². The van der Waals surface area contributed by atoms with E-state index in [2.05, 4.69) is 10.1 Å². The smallest absolute Gasteiger partial charge is 0.376 e. The highest BCUT2D eigenvalue weighted by Gasteiger charge is 2.10. The van der Waals surface area contributed by atoms with E-state index in [-0.39, 0.29) is 6.42 Å². The Bertz CT molecular complexity index is 602. The molecular weight excluding hydrogens is 242 g/mol. The summed E-state index contributed by atoms with van der Waals surface area (Å²) < 4.78 is 4.65. The highest BCUT2D eigenvalue weighted by molar-refractivity contribution is 6.02. The minimum absolute atomic E-state index is 0.239. The fraction of sp³-hybridized carbons (Fsp3) is 0.200. The molecule has 2 aromatic rings. The van der Waals surface area contributed by atoms with Gasteiger partial charge in [-0.15, -0.1) is 0 Å². The lowest BCUT2D eigenvalue weighted by molar-refractivity contribution is -0.136. The van der Waals surface area contributed by atoms with Crippen LogP contribution in [0, 0.1) is 0 Å². The Morgan fingerprint density at radius 2 is 1.84 bits per heavy atom. The van der Waals surface area contributed by atoms with Crippen LogP contribution in [0.5, 0.6) is 0 Å². The van der Waals surface area contributed by atoms with Crippen molar-refractivity contribution in [2.45, 2.75) is 19.8 Å². The third-order valence-corrected chi connectivity index (χ3v) is 2.69. The van der Waals surface area contributed by atoms with E-state index in [1.54, 1.807) is 6.07 Å². The molecule has 98 valence electrons. The summed E-state index contributed by atoms with van der Waals surface area (Å²) in [7, 11) is 0. The quantitative estimate of drug-likeness (QED) is 0.673. The number of hydrogen-bond acceptors (Lipinski definition) is 3. The summed E-state index contributed by atoms with van der Waals surface area (Å²) in [6.45, 7) is 1.85. The van der Waals surface area contributed by atoms with Crippen LogP contribution in [0.4, 0.5) is 10.5 Å². The largest absolute Gasteiger partial charge is 0.419 e. The molecule has 19 heavy (non-hydrogen) atoms. The average Bonchev–Trinajstić information content (AvgIpc) is 2.39. The minimum atomic E-state index is -0.741. The molecule has 0 fully saturated rings. The fourth-order valence-corrected chi connectivity index (χ4v) is 1.83. The summed E-state index contributed by atoms with van der Waals surface area (Å²) in [6, 6.07) is 13.2. The highest BCUT2D eigenvalue weighted by atomic mass is 16.6. The van der Waals surface area contributed by atoms with Gasteiger partial charge in [-0.2, -0.15) is 0 Å². The Labute approximate surface area is 111 Å². The lowest BCUT2D eigenvalue weighted by atomic mass is 10.1. The van der Waals surface area contributed by atoms with Crippen LogP contribution in [0.25, 0.3) is 10.8 Å². The molecule has 0 radical (unpaired) electrons. The number of benzene rings is 2. The molecule has 0 aromatic heterocycles. The number of fused-ring (bicyclic) bond motifs is 1. The summed E-state index contributed by atoms with van der Waals surface area (Å²) in [5, 5.41) is 4.51. The van der Waals surface area contributed by atoms with Gasteiger partial charge in [0.1, 0.15) is 0 Å². The molecule has 0 aliphatic heterocycles. The zero-order valence-corrected chi connectivity index (χ0v) is 10.7. The second-order valence-electron chi connectivity index (χ2n) is 4.16. The summed E-state index contributed by atoms with van der Waals surface area (Å²) in [4.78, 5) is 22.8. The van der Waals surface area contributed by atoms with Crippen molar-refractivity contribution < 1.29 is 14.3 Å². The molecule has 0 saturated heterocycles. The Morgan fingerprint density at radius 3 is 2.63 bits per heavy atom. The molecule has 4 heteroatoms. The van der Waals surface area contributed by atoms with Crippen molar-refractivity contribution in [1.82, 2.24) is 0 Å². The third kappa shape index (κ3) is 3.31. The van der Waals surface area contributed by atoms with Gasteiger partial charge in [0.25, 0.3) is 0 Å². The van der Waals surface area contributed by atoms with Crippen molar-refractivity contribution in [3.05, 3.63) is 42.5 Å². The molecular formula is C15H15NO3. The van der Waals surface area contributed by atoms with E-state index in [0.717, 1.165) is 10.8 Å². The molecule has 4 nitrogen and oxygen atoms in total. The molecule has 2 rings (SSSR count). The van der Waals surface area contributed by atoms with E-state index in [1.165, 1.54) is 0 Å². The summed E-state index contributed by atoms with van der Waals surface area (Å²) in [5.41, 5.74) is 0.632. The molecule has 0 saturated carbocycles. The van der Waals surface area contributed by atoms with Crippen molar-refractivity contribution in [3.8, 4) is 0 Å². The Kier molecular flexibility index (Phi) is 4.13. The van der Waals surface area contributed by atoms with Gasteiger partial charge in [0, 0.05) is 11.8 Å². The predicted molar refractivity (Wildman–Crippen MR) is 74.0 cm³/mol. The van der Waals surface area contributed by atoms with Crippen LogP contribution in [-0.4, -0.2) is 12.1 Å². The van der Waals surface area contributed by atoms with Crippen molar-refractivity contribution in [1.29, 1.82) is 0 Å². The van der Waals surface area contributed by atoms with E-state index in [1.807, 2.05) is 43.3 Å². The van der Waals surface area contributed by atoms with Crippen LogP contribution in [-0.2, 0) is 9.53 Å². The minimum Gasteiger partial charge on any atom is -0.376 e. The van der Waals surface area contributed by atoms with E-state index < -0.39 is 12.1 Å². The van der Waals surface area contributed by atoms with Crippen LogP contribution in [0.15, 0.2) is 42.5 Å². The molecule has 0 bridgehead atoms. The number of carbonyl (C=O) groups is 2. The van der Waals surface area contributed by atoms with Gasteiger partial charge >= 0.3 is 12.1 Å². The van der Waals surface area contributed by atoms with Crippen molar-refractivity contribution in [2.75, 3.05) is 5.32 Å². The van der Waals surface area contributed by atoms with E-state index in [0.29, 0.717) is 12.1 Å². The zero-order chi connectivity index (χ0) is 13.7. The lowest BCUT2D eigenvalue weighted by Crippen LogP contribution is -2.18. The summed E-state index contributed by atoms with van der Waals surface area (Å²) >= 11 is 0. The number of carbonyl (C=O) groups excluding carboxylic acids is 2. The van der Waals surface area contributed by atoms with Crippen LogP contribution in [0.3, 0.4) is 0 Å². The number of nitrogens with one attached hydrogen (secondary N) is 1. The average molecular weight is 257 g/mol. The molecule has 0 heterocycles. The van der Waals surface area contributed by atoms with Gasteiger partial charge in [-0.3, -0.25) is 10.1 Å². The standard InChI is InChI=1S/C15H15NO3/c1-2-6-14(17)19-15(18)16-13-10-5-8-11-7-3-4-9-12(11)13/h3-5,7-10H,2,6H2,1H3,(H,16,18). The molecule has 0 aliphatic carbocycles. The maximum absolute atomic E-state index is 11.6. The Balaban J connectivity index is 2.13. The van der Waals surface area contributed by atoms with Crippen LogP contribution in [0.1, 0.15) is 19.8 Å². The van der Waals surface area contributed by atoms with Crippen LogP contribution in [0.2, 0.25) is 0 Å². The number of hydrogen-bond donors (Lipinski definition) is 1. The molecule has 1 N–H and O–H groups in total. The monoisotopic (exact) mass is 257 g/mol. The van der Waals surface area contributed by atoms with E-state index >= 15 is 0 Å². The van der Waals surface area contributed by atoms with Crippen molar-refractivity contribution in [2.24, 2.45) is 0 Å². The first-order valence-corrected chi connectivity index (χ1v) is 6.20. The first kappa shape index (κ1) is 13.1. The number of ether oxygens (including phenoxy) is 1. The molecule has 0 spiro atoms. The topological polar surface area (TPSA) is 55.4 Å². The van der Waals surface area contributed by atoms with E-state index in [4.69, 9.17) is 0 Å². The first-order valence-electron chi connectivity index (χ1n) is 6.20. The fourth-order valence-electron chi connectivity index (χ4n) is 1.83. The van der Waals surface area contributed by atoms with Crippen LogP contribution < -0.4 is 5.32 Å². The molecule has 2 aromatic carbocycles. The van der Waals surface area contributed by atoms with Crippen LogP contribution >= 0.6 is 0 Å². The molecule has 0 atom stereocenters. The van der Waals surface area contributed by atoms with Gasteiger partial charge in [-0.25, -0.2) is 4.79 Å². The van der Waals surface area contributed by atoms with Gasteiger partial charge < -0.3 is 4.74 Å². The highest BCUT2D eigenvalue weighted by Crippen LogP contribution is 2.22. The van der Waals surface area contributed by atoms with Gasteiger partial charge in [0.05, 0.1) is 5.69 Å². The number of rotatable bonds is 3. The summed E-state index contributed by atoms with van der Waals surface area (Å²) in [6.07, 6.45) is 0.151. The Morgan fingerprint density at radius 1 is 1.11 bits per heavy atom. The molecule has 1 amide bonds. The first-order chi connectivity index (χ1) is 9.20. The molecule has 0 unspecified atom stereocenters. The van der Waals surface area contributed by atoms with Crippen molar-refractivity contribution >= 4 is 28.5 Å². The van der Waals surface area contributed by atoms with Gasteiger partial charge in [0.15, 0.2) is 0 Å². The normalized spacial score (nSPS) is 10.2. The lowest BCUT2D eigenvalue weighted by Gasteiger charge is -2.08. The zero-order valence-electron chi connectivity index (χ0n) is 10.7. The number of amides is 1. The Hall–Kier alpha value is -2.36. The second kappa shape index (κ2) is 6.00. The third-order valence-electron chi connectivity index (χ3n) is 2.69. The second-order valence-corrected chi connectivity index (χ2v) is 4.16.